The Morgan fingerprint density at radius 3 is 2.36 bits per heavy atom. The number of para-hydroxylation sites is 1. The molecule has 2 aromatic heterocycles. The molecule has 1 saturated heterocycles. The van der Waals surface area contributed by atoms with Crippen LogP contribution in [0.5, 0.6) is 0 Å². The summed E-state index contributed by atoms with van der Waals surface area (Å²) in [5.74, 6) is 0.834. The summed E-state index contributed by atoms with van der Waals surface area (Å²) in [6.45, 7) is 4.89. The fourth-order valence-electron chi connectivity index (χ4n) is 3.60. The van der Waals surface area contributed by atoms with Gasteiger partial charge in [0.15, 0.2) is 0 Å². The monoisotopic (exact) mass is 335 g/mol. The molecule has 0 unspecified atom stereocenters. The summed E-state index contributed by atoms with van der Waals surface area (Å²) < 4.78 is 2.01. The van der Waals surface area contributed by atoms with Crippen molar-refractivity contribution in [1.82, 2.24) is 19.4 Å². The number of carbonyl (C=O) groups is 1. The van der Waals surface area contributed by atoms with Crippen LogP contribution in [0.25, 0.3) is 10.9 Å². The standard InChI is InChI=1S/C19H21N5O/c1-14-15-6-3-4-7-16(15)22(2)17(14)18(25)23-10-12-24(13-11-23)19-20-8-5-9-21-19/h3-9H,10-13H2,1-2H3. The van der Waals surface area contributed by atoms with Crippen molar-refractivity contribution in [1.29, 1.82) is 0 Å². The number of benzene rings is 1. The normalized spacial score (nSPS) is 15.0. The highest BCUT2D eigenvalue weighted by molar-refractivity contribution is 6.01. The lowest BCUT2D eigenvalue weighted by molar-refractivity contribution is 0.0736. The van der Waals surface area contributed by atoms with Gasteiger partial charge in [-0.15, -0.1) is 0 Å². The molecule has 0 saturated carbocycles. The van der Waals surface area contributed by atoms with Crippen molar-refractivity contribution in [2.24, 2.45) is 7.05 Å². The molecule has 0 bridgehead atoms. The van der Waals surface area contributed by atoms with E-state index in [1.165, 1.54) is 0 Å². The van der Waals surface area contributed by atoms with Gasteiger partial charge in [0.1, 0.15) is 5.69 Å². The zero-order valence-corrected chi connectivity index (χ0v) is 14.5. The highest BCUT2D eigenvalue weighted by Gasteiger charge is 2.27. The Kier molecular flexibility index (Phi) is 3.87. The molecule has 0 atom stereocenters. The fourth-order valence-corrected chi connectivity index (χ4v) is 3.60. The van der Waals surface area contributed by atoms with E-state index in [0.29, 0.717) is 13.1 Å². The number of rotatable bonds is 2. The van der Waals surface area contributed by atoms with E-state index in [1.54, 1.807) is 12.4 Å². The number of fused-ring (bicyclic) bond motifs is 1. The Labute approximate surface area is 146 Å². The maximum absolute atomic E-state index is 13.1. The van der Waals surface area contributed by atoms with Gasteiger partial charge in [-0.3, -0.25) is 4.79 Å². The number of anilines is 1. The van der Waals surface area contributed by atoms with Crippen molar-refractivity contribution in [2.75, 3.05) is 31.1 Å². The maximum Gasteiger partial charge on any atom is 0.270 e. The van der Waals surface area contributed by atoms with E-state index in [2.05, 4.69) is 27.0 Å². The first kappa shape index (κ1) is 15.6. The molecule has 1 aromatic carbocycles. The molecule has 6 heteroatoms. The number of aryl methyl sites for hydroxylation is 2. The zero-order chi connectivity index (χ0) is 17.4. The largest absolute Gasteiger partial charge is 0.339 e. The summed E-state index contributed by atoms with van der Waals surface area (Å²) in [5, 5.41) is 1.14. The van der Waals surface area contributed by atoms with Crippen molar-refractivity contribution in [3.8, 4) is 0 Å². The summed E-state index contributed by atoms with van der Waals surface area (Å²) in [5.41, 5.74) is 2.93. The molecule has 1 aliphatic rings. The lowest BCUT2D eigenvalue weighted by Gasteiger charge is -2.34. The van der Waals surface area contributed by atoms with Crippen LogP contribution < -0.4 is 4.90 Å². The number of hydrogen-bond acceptors (Lipinski definition) is 4. The Bertz CT molecular complexity index is 871. The predicted molar refractivity (Wildman–Crippen MR) is 97.8 cm³/mol. The molecule has 0 N–H and O–H groups in total. The molecule has 1 fully saturated rings. The maximum atomic E-state index is 13.1. The second-order valence-corrected chi connectivity index (χ2v) is 6.38. The first-order chi connectivity index (χ1) is 12.2. The topological polar surface area (TPSA) is 54.3 Å². The minimum Gasteiger partial charge on any atom is -0.339 e. The van der Waals surface area contributed by atoms with Gasteiger partial charge in [0, 0.05) is 56.5 Å². The summed E-state index contributed by atoms with van der Waals surface area (Å²) >= 11 is 0. The Balaban J connectivity index is 1.55. The smallest absolute Gasteiger partial charge is 0.270 e. The van der Waals surface area contributed by atoms with E-state index in [4.69, 9.17) is 0 Å². The quantitative estimate of drug-likeness (QED) is 0.721. The van der Waals surface area contributed by atoms with Crippen LogP contribution in [0.1, 0.15) is 16.1 Å². The lowest BCUT2D eigenvalue weighted by Crippen LogP contribution is -2.49. The third-order valence-corrected chi connectivity index (χ3v) is 4.96. The van der Waals surface area contributed by atoms with Gasteiger partial charge in [-0.1, -0.05) is 18.2 Å². The summed E-state index contributed by atoms with van der Waals surface area (Å²) in [4.78, 5) is 25.8. The molecule has 1 amide bonds. The van der Waals surface area contributed by atoms with Crippen LogP contribution >= 0.6 is 0 Å². The Morgan fingerprint density at radius 1 is 1.00 bits per heavy atom. The molecule has 6 nitrogen and oxygen atoms in total. The number of hydrogen-bond donors (Lipinski definition) is 0. The zero-order valence-electron chi connectivity index (χ0n) is 14.5. The molecule has 128 valence electrons. The van der Waals surface area contributed by atoms with Crippen LogP contribution in [0.4, 0.5) is 5.95 Å². The Hall–Kier alpha value is -2.89. The van der Waals surface area contributed by atoms with Crippen molar-refractivity contribution >= 4 is 22.8 Å². The van der Waals surface area contributed by atoms with E-state index in [0.717, 1.165) is 41.2 Å². The van der Waals surface area contributed by atoms with Crippen LogP contribution in [0.15, 0.2) is 42.7 Å². The Morgan fingerprint density at radius 2 is 1.68 bits per heavy atom. The van der Waals surface area contributed by atoms with Crippen molar-refractivity contribution in [3.63, 3.8) is 0 Å². The summed E-state index contributed by atoms with van der Waals surface area (Å²) in [6, 6.07) is 9.97. The van der Waals surface area contributed by atoms with E-state index in [9.17, 15) is 4.79 Å². The molecule has 25 heavy (non-hydrogen) atoms. The van der Waals surface area contributed by atoms with E-state index in [-0.39, 0.29) is 5.91 Å². The minimum absolute atomic E-state index is 0.102. The van der Waals surface area contributed by atoms with Gasteiger partial charge < -0.3 is 14.4 Å². The van der Waals surface area contributed by atoms with Crippen LogP contribution in [-0.2, 0) is 7.05 Å². The number of aromatic nitrogens is 3. The first-order valence-electron chi connectivity index (χ1n) is 8.52. The highest BCUT2D eigenvalue weighted by Crippen LogP contribution is 2.26. The molecule has 3 aromatic rings. The van der Waals surface area contributed by atoms with Crippen LogP contribution in [0, 0.1) is 6.92 Å². The summed E-state index contributed by atoms with van der Waals surface area (Å²) in [7, 11) is 1.97. The van der Waals surface area contributed by atoms with Crippen LogP contribution in [-0.4, -0.2) is 51.5 Å². The average Bonchev–Trinajstić information content (AvgIpc) is 2.93. The second-order valence-electron chi connectivity index (χ2n) is 6.38. The molecule has 4 rings (SSSR count). The van der Waals surface area contributed by atoms with Gasteiger partial charge >= 0.3 is 0 Å². The molecule has 0 radical (unpaired) electrons. The van der Waals surface area contributed by atoms with Crippen LogP contribution in [0.3, 0.4) is 0 Å². The number of nitrogens with zero attached hydrogens (tertiary/aromatic N) is 5. The number of carbonyl (C=O) groups excluding carboxylic acids is 1. The molecule has 1 aliphatic heterocycles. The molecule has 0 spiro atoms. The number of piperazine rings is 1. The lowest BCUT2D eigenvalue weighted by atomic mass is 10.1. The van der Waals surface area contributed by atoms with Gasteiger partial charge in [0.25, 0.3) is 5.91 Å². The number of amides is 1. The fraction of sp³-hybridized carbons (Fsp3) is 0.316. The molecule has 0 aliphatic carbocycles. The summed E-state index contributed by atoms with van der Waals surface area (Å²) in [6.07, 6.45) is 3.50. The van der Waals surface area contributed by atoms with E-state index in [1.807, 2.05) is 41.6 Å². The molecule has 3 heterocycles. The van der Waals surface area contributed by atoms with Gasteiger partial charge in [-0.05, 0) is 24.6 Å². The van der Waals surface area contributed by atoms with Gasteiger partial charge in [0.05, 0.1) is 0 Å². The predicted octanol–water partition coefficient (Wildman–Crippen LogP) is 2.24. The average molecular weight is 335 g/mol. The van der Waals surface area contributed by atoms with E-state index < -0.39 is 0 Å². The second kappa shape index (κ2) is 6.20. The van der Waals surface area contributed by atoms with Crippen molar-refractivity contribution in [2.45, 2.75) is 6.92 Å². The minimum atomic E-state index is 0.102. The van der Waals surface area contributed by atoms with Crippen molar-refractivity contribution in [3.05, 3.63) is 54.0 Å². The van der Waals surface area contributed by atoms with Crippen LogP contribution in [0.2, 0.25) is 0 Å². The third kappa shape index (κ3) is 2.63. The SMILES string of the molecule is Cc1c(C(=O)N2CCN(c3ncccn3)CC2)n(C)c2ccccc12. The highest BCUT2D eigenvalue weighted by atomic mass is 16.2. The van der Waals surface area contributed by atoms with Gasteiger partial charge in [0.2, 0.25) is 5.95 Å². The van der Waals surface area contributed by atoms with Gasteiger partial charge in [-0.2, -0.15) is 0 Å². The molecular weight excluding hydrogens is 314 g/mol. The first-order valence-corrected chi connectivity index (χ1v) is 8.52. The third-order valence-electron chi connectivity index (χ3n) is 4.96. The van der Waals surface area contributed by atoms with E-state index >= 15 is 0 Å². The van der Waals surface area contributed by atoms with Gasteiger partial charge in [-0.25, -0.2) is 9.97 Å². The molecular formula is C19H21N5O. The van der Waals surface area contributed by atoms with Crippen molar-refractivity contribution < 1.29 is 4.79 Å².